The molecule has 0 fully saturated rings. The van der Waals surface area contributed by atoms with E-state index in [1.54, 1.807) is 13.2 Å². The van der Waals surface area contributed by atoms with Gasteiger partial charge in [0.25, 0.3) is 0 Å². The fourth-order valence-corrected chi connectivity index (χ4v) is 3.49. The highest BCUT2D eigenvalue weighted by molar-refractivity contribution is 7.99. The van der Waals surface area contributed by atoms with Gasteiger partial charge in [0.1, 0.15) is 22.9 Å². The lowest BCUT2D eigenvalue weighted by atomic mass is 10.2. The summed E-state index contributed by atoms with van der Waals surface area (Å²) in [4.78, 5) is 8.45. The third kappa shape index (κ3) is 2.88. The van der Waals surface area contributed by atoms with Gasteiger partial charge in [0.05, 0.1) is 18.2 Å². The smallest absolute Gasteiger partial charge is 0.197 e. The van der Waals surface area contributed by atoms with E-state index in [-0.39, 0.29) is 5.82 Å². The van der Waals surface area contributed by atoms with Gasteiger partial charge >= 0.3 is 0 Å². The van der Waals surface area contributed by atoms with E-state index >= 15 is 0 Å². The molecule has 0 atom stereocenters. The van der Waals surface area contributed by atoms with Crippen LogP contribution in [0.3, 0.4) is 0 Å². The first kappa shape index (κ1) is 16.5. The molecule has 0 aliphatic rings. The predicted molar refractivity (Wildman–Crippen MR) is 96.6 cm³/mol. The van der Waals surface area contributed by atoms with E-state index in [1.165, 1.54) is 30.2 Å². The third-order valence-corrected chi connectivity index (χ3v) is 4.99. The second-order valence-electron chi connectivity index (χ2n) is 5.51. The minimum atomic E-state index is -0.332. The molecule has 26 heavy (non-hydrogen) atoms. The Morgan fingerprint density at radius 2 is 1.92 bits per heavy atom. The Kier molecular flexibility index (Phi) is 4.26. The number of methoxy groups -OCH3 is 1. The number of ether oxygens (including phenoxy) is 1. The standard InChI is InChI=1S/C18H14FN5OS/c1-24-16(12-5-3-4-6-15(12)25-2)22-23-18(24)26-17-13-9-11(19)7-8-14(13)20-10-21-17/h3-10H,1-2H3. The minimum absolute atomic E-state index is 0.332. The van der Waals surface area contributed by atoms with Crippen LogP contribution in [0.4, 0.5) is 4.39 Å². The molecule has 130 valence electrons. The molecule has 0 saturated carbocycles. The molecule has 0 bridgehead atoms. The molecule has 2 aromatic carbocycles. The third-order valence-electron chi connectivity index (χ3n) is 3.93. The molecule has 0 amide bonds. The van der Waals surface area contributed by atoms with Gasteiger partial charge in [0.2, 0.25) is 0 Å². The average molecular weight is 367 g/mol. The predicted octanol–water partition coefficient (Wildman–Crippen LogP) is 3.72. The lowest BCUT2D eigenvalue weighted by Gasteiger charge is -2.08. The largest absolute Gasteiger partial charge is 0.496 e. The van der Waals surface area contributed by atoms with E-state index in [9.17, 15) is 4.39 Å². The minimum Gasteiger partial charge on any atom is -0.496 e. The van der Waals surface area contributed by atoms with Crippen LogP contribution in [0.2, 0.25) is 0 Å². The first-order valence-corrected chi connectivity index (χ1v) is 8.60. The second kappa shape index (κ2) is 6.72. The van der Waals surface area contributed by atoms with Gasteiger partial charge in [-0.3, -0.25) is 0 Å². The second-order valence-corrected chi connectivity index (χ2v) is 6.46. The number of hydrogen-bond acceptors (Lipinski definition) is 6. The van der Waals surface area contributed by atoms with Gasteiger partial charge in [0.15, 0.2) is 11.0 Å². The van der Waals surface area contributed by atoms with Crippen molar-refractivity contribution in [1.29, 1.82) is 0 Å². The summed E-state index contributed by atoms with van der Waals surface area (Å²) in [5.41, 5.74) is 1.52. The van der Waals surface area contributed by atoms with Crippen LogP contribution in [0.5, 0.6) is 5.75 Å². The molecule has 2 heterocycles. The Balaban J connectivity index is 1.75. The topological polar surface area (TPSA) is 65.7 Å². The van der Waals surface area contributed by atoms with E-state index in [0.29, 0.717) is 32.7 Å². The van der Waals surface area contributed by atoms with Crippen molar-refractivity contribution in [3.8, 4) is 17.1 Å². The molecule has 0 saturated heterocycles. The number of hydrogen-bond donors (Lipinski definition) is 0. The number of para-hydroxylation sites is 1. The molecule has 0 aliphatic carbocycles. The van der Waals surface area contributed by atoms with Gasteiger partial charge < -0.3 is 9.30 Å². The van der Waals surface area contributed by atoms with Crippen molar-refractivity contribution in [2.75, 3.05) is 7.11 Å². The lowest BCUT2D eigenvalue weighted by Crippen LogP contribution is -1.97. The molecule has 0 spiro atoms. The van der Waals surface area contributed by atoms with Crippen LogP contribution in [0, 0.1) is 5.82 Å². The highest BCUT2D eigenvalue weighted by Crippen LogP contribution is 2.34. The van der Waals surface area contributed by atoms with Gasteiger partial charge in [-0.05, 0) is 42.1 Å². The van der Waals surface area contributed by atoms with Crippen LogP contribution in [0.15, 0.2) is 59.0 Å². The Morgan fingerprint density at radius 3 is 2.77 bits per heavy atom. The zero-order valence-electron chi connectivity index (χ0n) is 14.0. The van der Waals surface area contributed by atoms with Crippen LogP contribution in [0.25, 0.3) is 22.3 Å². The van der Waals surface area contributed by atoms with Crippen molar-refractivity contribution >= 4 is 22.7 Å². The highest BCUT2D eigenvalue weighted by Gasteiger charge is 2.17. The number of benzene rings is 2. The van der Waals surface area contributed by atoms with E-state index in [0.717, 1.165) is 5.56 Å². The van der Waals surface area contributed by atoms with Crippen molar-refractivity contribution in [1.82, 2.24) is 24.7 Å². The van der Waals surface area contributed by atoms with Crippen LogP contribution >= 0.6 is 11.8 Å². The molecule has 0 radical (unpaired) electrons. The Hall–Kier alpha value is -3.00. The zero-order valence-corrected chi connectivity index (χ0v) is 14.9. The maximum atomic E-state index is 13.6. The maximum absolute atomic E-state index is 13.6. The van der Waals surface area contributed by atoms with Gasteiger partial charge in [-0.15, -0.1) is 10.2 Å². The normalized spacial score (nSPS) is 11.0. The molecular formula is C18H14FN5OS. The monoisotopic (exact) mass is 367 g/mol. The number of halogens is 1. The summed E-state index contributed by atoms with van der Waals surface area (Å²) in [6.45, 7) is 0. The average Bonchev–Trinajstić information content (AvgIpc) is 3.02. The number of aromatic nitrogens is 5. The van der Waals surface area contributed by atoms with E-state index in [1.807, 2.05) is 35.9 Å². The summed E-state index contributed by atoms with van der Waals surface area (Å²) in [7, 11) is 3.49. The summed E-state index contributed by atoms with van der Waals surface area (Å²) >= 11 is 1.31. The van der Waals surface area contributed by atoms with E-state index < -0.39 is 0 Å². The number of nitrogens with zero attached hydrogens (tertiary/aromatic N) is 5. The Morgan fingerprint density at radius 1 is 1.08 bits per heavy atom. The number of rotatable bonds is 4. The summed E-state index contributed by atoms with van der Waals surface area (Å²) in [5, 5.41) is 10.4. The van der Waals surface area contributed by atoms with Crippen molar-refractivity contribution < 1.29 is 9.13 Å². The van der Waals surface area contributed by atoms with Crippen molar-refractivity contribution in [2.45, 2.75) is 10.2 Å². The molecule has 0 aliphatic heterocycles. The molecule has 6 nitrogen and oxygen atoms in total. The van der Waals surface area contributed by atoms with Crippen molar-refractivity contribution in [3.63, 3.8) is 0 Å². The summed E-state index contributed by atoms with van der Waals surface area (Å²) < 4.78 is 20.9. The maximum Gasteiger partial charge on any atom is 0.197 e. The Labute approximate surface area is 153 Å². The first-order chi connectivity index (χ1) is 12.7. The van der Waals surface area contributed by atoms with Crippen molar-refractivity contribution in [3.05, 3.63) is 54.6 Å². The fraction of sp³-hybridized carbons (Fsp3) is 0.111. The first-order valence-electron chi connectivity index (χ1n) is 7.78. The Bertz CT molecular complexity index is 1100. The van der Waals surface area contributed by atoms with Gasteiger partial charge in [-0.1, -0.05) is 12.1 Å². The molecular weight excluding hydrogens is 353 g/mol. The summed E-state index contributed by atoms with van der Waals surface area (Å²) in [6.07, 6.45) is 1.46. The van der Waals surface area contributed by atoms with Crippen LogP contribution in [0.1, 0.15) is 0 Å². The van der Waals surface area contributed by atoms with Gasteiger partial charge in [-0.25, -0.2) is 14.4 Å². The molecule has 4 aromatic rings. The SMILES string of the molecule is COc1ccccc1-c1nnc(Sc2ncnc3ccc(F)cc23)n1C. The quantitative estimate of drug-likeness (QED) is 0.512. The van der Waals surface area contributed by atoms with Gasteiger partial charge in [-0.2, -0.15) is 0 Å². The van der Waals surface area contributed by atoms with Crippen LogP contribution in [-0.4, -0.2) is 31.8 Å². The highest BCUT2D eigenvalue weighted by atomic mass is 32.2. The summed E-state index contributed by atoms with van der Waals surface area (Å²) in [6, 6.07) is 12.1. The van der Waals surface area contributed by atoms with Crippen LogP contribution < -0.4 is 4.74 Å². The fourth-order valence-electron chi connectivity index (χ4n) is 2.64. The molecule has 0 unspecified atom stereocenters. The number of fused-ring (bicyclic) bond motifs is 1. The lowest BCUT2D eigenvalue weighted by molar-refractivity contribution is 0.416. The molecule has 2 aromatic heterocycles. The zero-order chi connectivity index (χ0) is 18.1. The molecule has 8 heteroatoms. The molecule has 4 rings (SSSR count). The van der Waals surface area contributed by atoms with E-state index in [2.05, 4.69) is 20.2 Å². The van der Waals surface area contributed by atoms with Gasteiger partial charge in [0, 0.05) is 12.4 Å². The van der Waals surface area contributed by atoms with E-state index in [4.69, 9.17) is 4.74 Å². The van der Waals surface area contributed by atoms with Crippen LogP contribution in [-0.2, 0) is 7.05 Å². The summed E-state index contributed by atoms with van der Waals surface area (Å²) in [5.74, 6) is 1.06. The van der Waals surface area contributed by atoms with Crippen molar-refractivity contribution in [2.24, 2.45) is 7.05 Å². The molecule has 0 N–H and O–H groups in total.